The molecule has 0 saturated carbocycles. The molecular weight excluding hydrogens is 206 g/mol. The number of nitrogens with zero attached hydrogens (tertiary/aromatic N) is 1. The molecule has 0 saturated heterocycles. The van der Waals surface area contributed by atoms with E-state index in [1.165, 1.54) is 5.56 Å². The van der Waals surface area contributed by atoms with Crippen LogP contribution in [0.4, 0.5) is 0 Å². The Bertz CT molecular complexity index is 282. The van der Waals surface area contributed by atoms with Crippen molar-refractivity contribution in [3.63, 3.8) is 0 Å². The van der Waals surface area contributed by atoms with Gasteiger partial charge in [0.15, 0.2) is 0 Å². The second kappa shape index (κ2) is 6.58. The first kappa shape index (κ1) is 12.2. The number of nitrogens with one attached hydrogen (secondary N) is 1. The molecule has 0 aliphatic heterocycles. The maximum Gasteiger partial charge on any atom is 0.0918 e. The molecule has 0 atom stereocenters. The quantitative estimate of drug-likeness (QED) is 0.550. The Morgan fingerprint density at radius 2 is 2.33 bits per heavy atom. The van der Waals surface area contributed by atoms with Gasteiger partial charge in [0.2, 0.25) is 0 Å². The molecule has 3 nitrogen and oxygen atoms in total. The van der Waals surface area contributed by atoms with Gasteiger partial charge in [0, 0.05) is 19.5 Å². The maximum absolute atomic E-state index is 7.19. The van der Waals surface area contributed by atoms with Gasteiger partial charge in [-0.2, -0.15) is 11.3 Å². The molecule has 0 aliphatic carbocycles. The molecular formula is C11H19N3S. The molecule has 0 amide bonds. The minimum absolute atomic E-state index is 0.281. The van der Waals surface area contributed by atoms with Crippen LogP contribution >= 0.6 is 11.3 Å². The second-order valence-corrected chi connectivity index (χ2v) is 4.37. The lowest BCUT2D eigenvalue weighted by molar-refractivity contribution is 0.300. The van der Waals surface area contributed by atoms with E-state index >= 15 is 0 Å². The number of thiophene rings is 1. The molecule has 0 aromatic carbocycles. The monoisotopic (exact) mass is 225 g/mol. The lowest BCUT2D eigenvalue weighted by Crippen LogP contribution is -2.29. The lowest BCUT2D eigenvalue weighted by Gasteiger charge is -2.19. The summed E-state index contributed by atoms with van der Waals surface area (Å²) in [5.41, 5.74) is 6.75. The van der Waals surface area contributed by atoms with Gasteiger partial charge in [-0.3, -0.25) is 5.41 Å². The van der Waals surface area contributed by atoms with Gasteiger partial charge in [-0.05, 0) is 35.4 Å². The van der Waals surface area contributed by atoms with Crippen molar-refractivity contribution in [2.45, 2.75) is 19.8 Å². The van der Waals surface area contributed by atoms with Crippen molar-refractivity contribution in [1.82, 2.24) is 4.90 Å². The van der Waals surface area contributed by atoms with Gasteiger partial charge >= 0.3 is 0 Å². The largest absolute Gasteiger partial charge is 0.388 e. The average Bonchev–Trinajstić information content (AvgIpc) is 2.70. The van der Waals surface area contributed by atoms with Crippen LogP contribution in [-0.2, 0) is 6.42 Å². The normalized spacial score (nSPS) is 10.8. The molecule has 1 heterocycles. The van der Waals surface area contributed by atoms with Crippen molar-refractivity contribution >= 4 is 17.2 Å². The molecule has 0 spiro atoms. The summed E-state index contributed by atoms with van der Waals surface area (Å²) in [6, 6.07) is 2.17. The fourth-order valence-corrected chi connectivity index (χ4v) is 2.13. The van der Waals surface area contributed by atoms with E-state index < -0.39 is 0 Å². The zero-order valence-electron chi connectivity index (χ0n) is 9.20. The van der Waals surface area contributed by atoms with E-state index in [2.05, 4.69) is 28.7 Å². The van der Waals surface area contributed by atoms with Crippen molar-refractivity contribution in [2.75, 3.05) is 19.6 Å². The highest BCUT2D eigenvalue weighted by Crippen LogP contribution is 2.07. The number of rotatable bonds is 7. The first-order chi connectivity index (χ1) is 7.22. The first-order valence-corrected chi connectivity index (χ1v) is 6.23. The van der Waals surface area contributed by atoms with Crippen LogP contribution in [0.5, 0.6) is 0 Å². The summed E-state index contributed by atoms with van der Waals surface area (Å²) in [6.45, 7) is 5.13. The highest BCUT2D eigenvalue weighted by molar-refractivity contribution is 7.07. The van der Waals surface area contributed by atoms with Crippen LogP contribution in [0.25, 0.3) is 0 Å². The van der Waals surface area contributed by atoms with Gasteiger partial charge in [-0.25, -0.2) is 0 Å². The molecule has 4 heteroatoms. The standard InChI is InChI=1S/C11H19N3S/c1-2-14(7-4-11(12)13)6-3-10-5-8-15-9-10/h5,8-9H,2-4,6-7H2,1H3,(H3,12,13). The van der Waals surface area contributed by atoms with Gasteiger partial charge in [-0.1, -0.05) is 6.92 Å². The second-order valence-electron chi connectivity index (χ2n) is 3.59. The number of amidine groups is 1. The molecule has 0 bridgehead atoms. The molecule has 84 valence electrons. The minimum atomic E-state index is 0.281. The van der Waals surface area contributed by atoms with Gasteiger partial charge < -0.3 is 10.6 Å². The van der Waals surface area contributed by atoms with Crippen LogP contribution in [0.3, 0.4) is 0 Å². The molecule has 15 heavy (non-hydrogen) atoms. The van der Waals surface area contributed by atoms with E-state index in [4.69, 9.17) is 11.1 Å². The Labute approximate surface area is 95.4 Å². The highest BCUT2D eigenvalue weighted by Gasteiger charge is 2.03. The summed E-state index contributed by atoms with van der Waals surface area (Å²) in [5.74, 6) is 0.281. The van der Waals surface area contributed by atoms with Crippen molar-refractivity contribution in [3.05, 3.63) is 22.4 Å². The molecule has 0 aliphatic rings. The Kier molecular flexibility index (Phi) is 5.36. The van der Waals surface area contributed by atoms with Crippen LogP contribution in [0.2, 0.25) is 0 Å². The fraction of sp³-hybridized carbons (Fsp3) is 0.545. The molecule has 0 fully saturated rings. The van der Waals surface area contributed by atoms with Crippen molar-refractivity contribution in [1.29, 1.82) is 5.41 Å². The van der Waals surface area contributed by atoms with Crippen molar-refractivity contribution < 1.29 is 0 Å². The van der Waals surface area contributed by atoms with E-state index in [1.807, 2.05) is 0 Å². The van der Waals surface area contributed by atoms with Crippen LogP contribution in [0.15, 0.2) is 16.8 Å². The van der Waals surface area contributed by atoms with Crippen molar-refractivity contribution in [2.24, 2.45) is 5.73 Å². The zero-order chi connectivity index (χ0) is 11.1. The Morgan fingerprint density at radius 3 is 2.87 bits per heavy atom. The smallest absolute Gasteiger partial charge is 0.0918 e. The third-order valence-electron chi connectivity index (χ3n) is 2.44. The van der Waals surface area contributed by atoms with E-state index in [9.17, 15) is 0 Å². The van der Waals surface area contributed by atoms with Gasteiger partial charge in [0.05, 0.1) is 5.84 Å². The minimum Gasteiger partial charge on any atom is -0.388 e. The molecule has 1 aromatic rings. The molecule has 1 aromatic heterocycles. The van der Waals surface area contributed by atoms with E-state index in [0.29, 0.717) is 6.42 Å². The summed E-state index contributed by atoms with van der Waals surface area (Å²) in [4.78, 5) is 2.33. The van der Waals surface area contributed by atoms with Gasteiger partial charge in [0.25, 0.3) is 0 Å². The first-order valence-electron chi connectivity index (χ1n) is 5.28. The molecule has 0 radical (unpaired) electrons. The van der Waals surface area contributed by atoms with E-state index in [-0.39, 0.29) is 5.84 Å². The molecule has 0 unspecified atom stereocenters. The molecule has 3 N–H and O–H groups in total. The number of likely N-dealkylation sites (N-methyl/N-ethyl adjacent to an activating group) is 1. The summed E-state index contributed by atoms with van der Waals surface area (Å²) in [6.07, 6.45) is 1.77. The maximum atomic E-state index is 7.19. The summed E-state index contributed by atoms with van der Waals surface area (Å²) < 4.78 is 0. The van der Waals surface area contributed by atoms with Gasteiger partial charge in [0.1, 0.15) is 0 Å². The lowest BCUT2D eigenvalue weighted by atomic mass is 10.2. The summed E-state index contributed by atoms with van der Waals surface area (Å²) in [5, 5.41) is 11.5. The number of hydrogen-bond donors (Lipinski definition) is 2. The van der Waals surface area contributed by atoms with E-state index in [1.54, 1.807) is 11.3 Å². The third kappa shape index (κ3) is 4.95. The topological polar surface area (TPSA) is 53.1 Å². The Morgan fingerprint density at radius 1 is 1.53 bits per heavy atom. The Balaban J connectivity index is 2.24. The predicted octanol–water partition coefficient (Wildman–Crippen LogP) is 1.94. The average molecular weight is 225 g/mol. The van der Waals surface area contributed by atoms with Crippen LogP contribution in [0.1, 0.15) is 18.9 Å². The fourth-order valence-electron chi connectivity index (χ4n) is 1.43. The van der Waals surface area contributed by atoms with Gasteiger partial charge in [-0.15, -0.1) is 0 Å². The zero-order valence-corrected chi connectivity index (χ0v) is 10.0. The summed E-state index contributed by atoms with van der Waals surface area (Å²) in [7, 11) is 0. The Hall–Kier alpha value is -0.870. The third-order valence-corrected chi connectivity index (χ3v) is 3.17. The SMILES string of the molecule is CCN(CCC(=N)N)CCc1ccsc1. The van der Waals surface area contributed by atoms with Crippen LogP contribution < -0.4 is 5.73 Å². The number of hydrogen-bond acceptors (Lipinski definition) is 3. The van der Waals surface area contributed by atoms with Crippen LogP contribution in [0, 0.1) is 5.41 Å². The van der Waals surface area contributed by atoms with E-state index in [0.717, 1.165) is 26.1 Å². The molecule has 1 rings (SSSR count). The highest BCUT2D eigenvalue weighted by atomic mass is 32.1. The predicted molar refractivity (Wildman–Crippen MR) is 66.7 cm³/mol. The summed E-state index contributed by atoms with van der Waals surface area (Å²) >= 11 is 1.74. The number of nitrogens with two attached hydrogens (primary N) is 1. The van der Waals surface area contributed by atoms with Crippen molar-refractivity contribution in [3.8, 4) is 0 Å². The van der Waals surface area contributed by atoms with Crippen LogP contribution in [-0.4, -0.2) is 30.4 Å².